The van der Waals surface area contributed by atoms with Gasteiger partial charge >= 0.3 is 6.09 Å². The Bertz CT molecular complexity index is 722. The molecule has 1 aromatic carbocycles. The van der Waals surface area contributed by atoms with Crippen molar-refractivity contribution in [1.29, 1.82) is 0 Å². The Morgan fingerprint density at radius 1 is 1.26 bits per heavy atom. The number of amides is 1. The number of amidine groups is 1. The van der Waals surface area contributed by atoms with Crippen molar-refractivity contribution in [3.63, 3.8) is 0 Å². The van der Waals surface area contributed by atoms with Gasteiger partial charge in [0.1, 0.15) is 5.84 Å². The molecule has 0 aliphatic carbocycles. The largest absolute Gasteiger partial charge is 0.412 e. The van der Waals surface area contributed by atoms with E-state index >= 15 is 0 Å². The van der Waals surface area contributed by atoms with E-state index < -0.39 is 6.09 Å². The molecule has 5 nitrogen and oxygen atoms in total. The monoisotopic (exact) mass is 411 g/mol. The number of rotatable bonds is 7. The predicted octanol–water partition coefficient (Wildman–Crippen LogP) is 6.08. The Balaban J connectivity index is 1.63. The molecule has 1 aromatic rings. The number of fused-ring (bicyclic) bond motifs is 2. The number of aliphatic imine (C=N–C) groups is 1. The van der Waals surface area contributed by atoms with E-state index in [2.05, 4.69) is 17.1 Å². The third-order valence-corrected chi connectivity index (χ3v) is 5.72. The molecule has 1 amide bonds. The summed E-state index contributed by atoms with van der Waals surface area (Å²) in [5.41, 5.74) is 1.65. The summed E-state index contributed by atoms with van der Waals surface area (Å²) >= 11 is 12.9. The van der Waals surface area contributed by atoms with Gasteiger partial charge in [0.05, 0.1) is 15.7 Å². The summed E-state index contributed by atoms with van der Waals surface area (Å²) in [6.45, 7) is 4.43. The summed E-state index contributed by atoms with van der Waals surface area (Å²) < 4.78 is 5.42. The van der Waals surface area contributed by atoms with Gasteiger partial charge in [0.2, 0.25) is 0 Å². The zero-order valence-electron chi connectivity index (χ0n) is 15.8. The van der Waals surface area contributed by atoms with E-state index in [-0.39, 0.29) is 5.75 Å². The molecule has 0 bridgehead atoms. The SMILES string of the molecule is CCCCCCCNC(=O)Oc1c(Cl)cc2c(c1Cl)CN1CCCCC1=N2. The molecule has 2 heterocycles. The van der Waals surface area contributed by atoms with Crippen molar-refractivity contribution < 1.29 is 9.53 Å². The maximum absolute atomic E-state index is 12.1. The first-order valence-corrected chi connectivity index (χ1v) is 10.6. The average Bonchev–Trinajstić information content (AvgIpc) is 2.66. The molecule has 0 saturated carbocycles. The van der Waals surface area contributed by atoms with Crippen molar-refractivity contribution >= 4 is 40.8 Å². The third-order valence-electron chi connectivity index (χ3n) is 5.04. The molecule has 1 saturated heterocycles. The van der Waals surface area contributed by atoms with Crippen molar-refractivity contribution in [3.8, 4) is 5.75 Å². The van der Waals surface area contributed by atoms with Gasteiger partial charge in [-0.1, -0.05) is 55.8 Å². The van der Waals surface area contributed by atoms with Crippen LogP contribution in [0.1, 0.15) is 63.9 Å². The lowest BCUT2D eigenvalue weighted by molar-refractivity contribution is 0.200. The summed E-state index contributed by atoms with van der Waals surface area (Å²) in [5, 5.41) is 3.46. The fraction of sp³-hybridized carbons (Fsp3) is 0.600. The van der Waals surface area contributed by atoms with Gasteiger partial charge < -0.3 is 15.0 Å². The van der Waals surface area contributed by atoms with Gasteiger partial charge in [-0.3, -0.25) is 0 Å². The highest BCUT2D eigenvalue weighted by molar-refractivity contribution is 6.38. The van der Waals surface area contributed by atoms with Crippen molar-refractivity contribution in [3.05, 3.63) is 21.7 Å². The number of carbonyl (C=O) groups is 1. The van der Waals surface area contributed by atoms with Gasteiger partial charge in [0.25, 0.3) is 0 Å². The molecule has 0 unspecified atom stereocenters. The molecule has 0 atom stereocenters. The van der Waals surface area contributed by atoms with Crippen LogP contribution in [0.4, 0.5) is 10.5 Å². The number of hydrogen-bond donors (Lipinski definition) is 1. The average molecular weight is 412 g/mol. The molecular weight excluding hydrogens is 385 g/mol. The highest BCUT2D eigenvalue weighted by Gasteiger charge is 2.27. The second kappa shape index (κ2) is 9.65. The molecule has 1 fully saturated rings. The molecule has 2 aliphatic heterocycles. The fourth-order valence-electron chi connectivity index (χ4n) is 3.52. The molecular formula is C20H27Cl2N3O2. The van der Waals surface area contributed by atoms with Crippen LogP contribution in [0.2, 0.25) is 10.0 Å². The smallest absolute Gasteiger partial charge is 0.407 e. The number of piperidine rings is 1. The van der Waals surface area contributed by atoms with Crippen LogP contribution in [-0.2, 0) is 6.54 Å². The Labute approximate surface area is 171 Å². The summed E-state index contributed by atoms with van der Waals surface area (Å²) in [6.07, 6.45) is 8.43. The summed E-state index contributed by atoms with van der Waals surface area (Å²) in [7, 11) is 0. The second-order valence-corrected chi connectivity index (χ2v) is 7.92. The molecule has 148 valence electrons. The first kappa shape index (κ1) is 20.3. The standard InChI is InChI=1S/C20H27Cl2N3O2/c1-2-3-4-5-7-10-23-20(26)27-19-15(21)12-16-14(18(19)22)13-25-11-8-6-9-17(25)24-16/h12H,2-11,13H2,1H3,(H,23,26). The Kier molecular flexibility index (Phi) is 7.25. The molecule has 7 heteroatoms. The van der Waals surface area contributed by atoms with Gasteiger partial charge in [-0.2, -0.15) is 0 Å². The van der Waals surface area contributed by atoms with Crippen LogP contribution in [0, 0.1) is 0 Å². The summed E-state index contributed by atoms with van der Waals surface area (Å²) in [6, 6.07) is 1.75. The lowest BCUT2D eigenvalue weighted by Gasteiger charge is -2.34. The van der Waals surface area contributed by atoms with Crippen LogP contribution in [0.25, 0.3) is 0 Å². The van der Waals surface area contributed by atoms with Crippen molar-refractivity contribution in [1.82, 2.24) is 10.2 Å². The number of nitrogens with zero attached hydrogens (tertiary/aromatic N) is 2. The molecule has 27 heavy (non-hydrogen) atoms. The van der Waals surface area contributed by atoms with Crippen LogP contribution in [0.3, 0.4) is 0 Å². The minimum atomic E-state index is -0.521. The van der Waals surface area contributed by atoms with Crippen LogP contribution in [0.5, 0.6) is 5.75 Å². The highest BCUT2D eigenvalue weighted by Crippen LogP contribution is 2.44. The molecule has 3 rings (SSSR count). The van der Waals surface area contributed by atoms with Crippen molar-refractivity contribution in [2.45, 2.75) is 64.8 Å². The van der Waals surface area contributed by atoms with E-state index in [0.717, 1.165) is 55.7 Å². The predicted molar refractivity (Wildman–Crippen MR) is 111 cm³/mol. The van der Waals surface area contributed by atoms with Crippen molar-refractivity contribution in [2.75, 3.05) is 13.1 Å². The number of unbranched alkanes of at least 4 members (excludes halogenated alkanes) is 4. The summed E-state index contributed by atoms with van der Waals surface area (Å²) in [5.74, 6) is 1.31. The van der Waals surface area contributed by atoms with Crippen LogP contribution < -0.4 is 10.1 Å². The van der Waals surface area contributed by atoms with Gasteiger partial charge in [-0.25, -0.2) is 9.79 Å². The number of ether oxygens (including phenoxy) is 1. The minimum Gasteiger partial charge on any atom is -0.407 e. The van der Waals surface area contributed by atoms with Crippen LogP contribution in [0.15, 0.2) is 11.1 Å². The Hall–Kier alpha value is -1.46. The van der Waals surface area contributed by atoms with E-state index in [1.54, 1.807) is 6.07 Å². The first-order valence-electron chi connectivity index (χ1n) is 9.89. The highest BCUT2D eigenvalue weighted by atomic mass is 35.5. The number of halogens is 2. The maximum atomic E-state index is 12.1. The quantitative estimate of drug-likeness (QED) is 0.552. The molecule has 0 radical (unpaired) electrons. The van der Waals surface area contributed by atoms with E-state index in [4.69, 9.17) is 32.9 Å². The Morgan fingerprint density at radius 2 is 2.07 bits per heavy atom. The molecule has 2 aliphatic rings. The number of benzene rings is 1. The lowest BCUT2D eigenvalue weighted by atomic mass is 10.0. The molecule has 0 spiro atoms. The number of carbonyl (C=O) groups excluding carboxylic acids is 1. The topological polar surface area (TPSA) is 53.9 Å². The maximum Gasteiger partial charge on any atom is 0.412 e. The van der Waals surface area contributed by atoms with Crippen molar-refractivity contribution in [2.24, 2.45) is 4.99 Å². The van der Waals surface area contributed by atoms with E-state index in [1.807, 2.05) is 0 Å². The number of hydrogen-bond acceptors (Lipinski definition) is 4. The van der Waals surface area contributed by atoms with E-state index in [0.29, 0.717) is 23.1 Å². The molecule has 1 N–H and O–H groups in total. The van der Waals surface area contributed by atoms with Gasteiger partial charge in [-0.05, 0) is 25.3 Å². The number of nitrogens with one attached hydrogen (secondary N) is 1. The second-order valence-electron chi connectivity index (χ2n) is 7.14. The van der Waals surface area contributed by atoms with Crippen LogP contribution in [-0.4, -0.2) is 29.9 Å². The van der Waals surface area contributed by atoms with Gasteiger partial charge in [-0.15, -0.1) is 0 Å². The van der Waals surface area contributed by atoms with Gasteiger partial charge in [0, 0.05) is 31.6 Å². The van der Waals surface area contributed by atoms with E-state index in [1.165, 1.54) is 19.3 Å². The zero-order chi connectivity index (χ0) is 19.2. The Morgan fingerprint density at radius 3 is 2.89 bits per heavy atom. The fourth-order valence-corrected chi connectivity index (χ4v) is 4.10. The minimum absolute atomic E-state index is 0.219. The lowest BCUT2D eigenvalue weighted by Crippen LogP contribution is -2.36. The zero-order valence-corrected chi connectivity index (χ0v) is 17.3. The van der Waals surface area contributed by atoms with Crippen LogP contribution >= 0.6 is 23.2 Å². The molecule has 0 aromatic heterocycles. The normalized spacial score (nSPS) is 15.7. The summed E-state index contributed by atoms with van der Waals surface area (Å²) in [4.78, 5) is 19.1. The third kappa shape index (κ3) is 5.08. The first-order chi connectivity index (χ1) is 13.1. The van der Waals surface area contributed by atoms with Gasteiger partial charge in [0.15, 0.2) is 5.75 Å². The van der Waals surface area contributed by atoms with E-state index in [9.17, 15) is 4.79 Å².